The van der Waals surface area contributed by atoms with Gasteiger partial charge < -0.3 is 9.88 Å². The third-order valence-electron chi connectivity index (χ3n) is 5.75. The van der Waals surface area contributed by atoms with Gasteiger partial charge in [-0.05, 0) is 50.7 Å². The molecule has 0 spiro atoms. The lowest BCUT2D eigenvalue weighted by atomic mass is 9.89. The van der Waals surface area contributed by atoms with E-state index in [4.69, 9.17) is 0 Å². The van der Waals surface area contributed by atoms with E-state index in [-0.39, 0.29) is 11.3 Å². The summed E-state index contributed by atoms with van der Waals surface area (Å²) >= 11 is 0. The van der Waals surface area contributed by atoms with E-state index in [1.54, 1.807) is 6.07 Å². The van der Waals surface area contributed by atoms with Gasteiger partial charge in [-0.15, -0.1) is 0 Å². The molecule has 1 aliphatic carbocycles. The molecule has 1 aromatic heterocycles. The Kier molecular flexibility index (Phi) is 6.15. The Morgan fingerprint density at radius 2 is 1.85 bits per heavy atom. The highest BCUT2D eigenvalue weighted by Crippen LogP contribution is 2.26. The number of aryl methyl sites for hydroxylation is 2. The predicted octanol–water partition coefficient (Wildman–Crippen LogP) is 4.86. The summed E-state index contributed by atoms with van der Waals surface area (Å²) in [6.07, 6.45) is 7.03. The van der Waals surface area contributed by atoms with Gasteiger partial charge in [-0.25, -0.2) is 0 Å². The highest BCUT2D eigenvalue weighted by Gasteiger charge is 2.22. The summed E-state index contributed by atoms with van der Waals surface area (Å²) in [7, 11) is 0. The number of rotatable bonds is 5. The van der Waals surface area contributed by atoms with Crippen LogP contribution in [-0.4, -0.2) is 10.5 Å². The SMILES string of the molecule is CCc1c(C(=O)Nc2ccccc2C)c(=O)cc(C)n1CC1CCCCC1. The maximum absolute atomic E-state index is 13.0. The zero-order valence-electron chi connectivity index (χ0n) is 16.7. The number of pyridine rings is 1. The summed E-state index contributed by atoms with van der Waals surface area (Å²) in [4.78, 5) is 25.7. The fourth-order valence-corrected chi connectivity index (χ4v) is 4.22. The minimum Gasteiger partial charge on any atom is -0.348 e. The van der Waals surface area contributed by atoms with Gasteiger partial charge in [-0.1, -0.05) is 44.4 Å². The molecule has 1 saturated carbocycles. The number of anilines is 1. The van der Waals surface area contributed by atoms with Crippen LogP contribution in [0.15, 0.2) is 35.1 Å². The summed E-state index contributed by atoms with van der Waals surface area (Å²) in [5.74, 6) is 0.334. The molecule has 1 N–H and O–H groups in total. The van der Waals surface area contributed by atoms with Crippen molar-refractivity contribution in [1.29, 1.82) is 0 Å². The number of amides is 1. The lowest BCUT2D eigenvalue weighted by Crippen LogP contribution is -2.29. The first-order valence-electron chi connectivity index (χ1n) is 10.1. The number of benzene rings is 1. The molecule has 27 heavy (non-hydrogen) atoms. The zero-order valence-corrected chi connectivity index (χ0v) is 16.7. The predicted molar refractivity (Wildman–Crippen MR) is 111 cm³/mol. The molecular weight excluding hydrogens is 336 g/mol. The van der Waals surface area contributed by atoms with Crippen molar-refractivity contribution in [2.45, 2.75) is 65.8 Å². The van der Waals surface area contributed by atoms with Crippen LogP contribution in [0.3, 0.4) is 0 Å². The molecule has 0 unspecified atom stereocenters. The molecule has 1 heterocycles. The minimum absolute atomic E-state index is 0.185. The molecule has 4 heteroatoms. The van der Waals surface area contributed by atoms with Gasteiger partial charge in [0, 0.05) is 29.7 Å². The van der Waals surface area contributed by atoms with E-state index >= 15 is 0 Å². The van der Waals surface area contributed by atoms with E-state index in [2.05, 4.69) is 9.88 Å². The number of nitrogens with one attached hydrogen (secondary N) is 1. The van der Waals surface area contributed by atoms with Crippen molar-refractivity contribution in [2.24, 2.45) is 5.92 Å². The number of nitrogens with zero attached hydrogens (tertiary/aromatic N) is 1. The average Bonchev–Trinajstić information content (AvgIpc) is 2.66. The molecule has 144 valence electrons. The second-order valence-electron chi connectivity index (χ2n) is 7.71. The first-order chi connectivity index (χ1) is 13.0. The van der Waals surface area contributed by atoms with Crippen molar-refractivity contribution in [3.05, 3.63) is 63.1 Å². The maximum Gasteiger partial charge on any atom is 0.261 e. The summed E-state index contributed by atoms with van der Waals surface area (Å²) < 4.78 is 2.21. The standard InChI is InChI=1S/C23H30N2O2/c1-4-20-22(23(27)24-19-13-9-8-10-16(19)2)21(26)14-17(3)25(20)15-18-11-6-5-7-12-18/h8-10,13-14,18H,4-7,11-12,15H2,1-3H3,(H,24,27). The smallest absolute Gasteiger partial charge is 0.261 e. The lowest BCUT2D eigenvalue weighted by molar-refractivity contribution is 0.102. The molecule has 1 fully saturated rings. The second-order valence-corrected chi connectivity index (χ2v) is 7.71. The van der Waals surface area contributed by atoms with Gasteiger partial charge in [-0.2, -0.15) is 0 Å². The topological polar surface area (TPSA) is 51.1 Å². The summed E-state index contributed by atoms with van der Waals surface area (Å²) in [6, 6.07) is 9.26. The van der Waals surface area contributed by atoms with E-state index < -0.39 is 0 Å². The zero-order chi connectivity index (χ0) is 19.4. The van der Waals surface area contributed by atoms with Crippen LogP contribution in [0.5, 0.6) is 0 Å². The largest absolute Gasteiger partial charge is 0.348 e. The summed E-state index contributed by atoms with van der Waals surface area (Å²) in [6.45, 7) is 6.86. The molecular formula is C23H30N2O2. The van der Waals surface area contributed by atoms with Gasteiger partial charge >= 0.3 is 0 Å². The van der Waals surface area contributed by atoms with E-state index in [9.17, 15) is 9.59 Å². The molecule has 3 rings (SSSR count). The highest BCUT2D eigenvalue weighted by atomic mass is 16.2. The molecule has 1 aliphatic rings. The first-order valence-corrected chi connectivity index (χ1v) is 10.1. The molecule has 0 bridgehead atoms. The fourth-order valence-electron chi connectivity index (χ4n) is 4.22. The summed E-state index contributed by atoms with van der Waals surface area (Å²) in [5, 5.41) is 2.94. The number of hydrogen-bond donors (Lipinski definition) is 1. The Morgan fingerprint density at radius 1 is 1.15 bits per heavy atom. The molecule has 4 nitrogen and oxygen atoms in total. The quantitative estimate of drug-likeness (QED) is 0.821. The van der Waals surface area contributed by atoms with Crippen molar-refractivity contribution in [1.82, 2.24) is 4.57 Å². The average molecular weight is 367 g/mol. The molecule has 0 saturated heterocycles. The number of hydrogen-bond acceptors (Lipinski definition) is 2. The number of aromatic nitrogens is 1. The van der Waals surface area contributed by atoms with Crippen LogP contribution < -0.4 is 10.7 Å². The van der Waals surface area contributed by atoms with Gasteiger partial charge in [0.2, 0.25) is 0 Å². The van der Waals surface area contributed by atoms with E-state index in [1.165, 1.54) is 32.1 Å². The Morgan fingerprint density at radius 3 is 2.52 bits per heavy atom. The van der Waals surface area contributed by atoms with Crippen LogP contribution >= 0.6 is 0 Å². The van der Waals surface area contributed by atoms with E-state index in [1.807, 2.05) is 45.0 Å². The van der Waals surface area contributed by atoms with Crippen LogP contribution in [0.25, 0.3) is 0 Å². The normalized spacial score (nSPS) is 14.9. The summed E-state index contributed by atoms with van der Waals surface area (Å²) in [5.41, 5.74) is 3.66. The molecule has 0 aliphatic heterocycles. The molecule has 2 aromatic rings. The van der Waals surface area contributed by atoms with Crippen molar-refractivity contribution < 1.29 is 4.79 Å². The van der Waals surface area contributed by atoms with Crippen molar-refractivity contribution in [3.8, 4) is 0 Å². The third-order valence-corrected chi connectivity index (χ3v) is 5.75. The van der Waals surface area contributed by atoms with Gasteiger partial charge in [0.15, 0.2) is 5.43 Å². The maximum atomic E-state index is 13.0. The second kappa shape index (κ2) is 8.55. The first kappa shape index (κ1) is 19.4. The number of carbonyl (C=O) groups is 1. The minimum atomic E-state index is -0.302. The van der Waals surface area contributed by atoms with Crippen LogP contribution in [0.1, 0.15) is 66.3 Å². The van der Waals surface area contributed by atoms with Crippen LogP contribution in [0, 0.1) is 19.8 Å². The molecule has 0 radical (unpaired) electrons. The Balaban J connectivity index is 1.96. The van der Waals surface area contributed by atoms with Crippen LogP contribution in [0.4, 0.5) is 5.69 Å². The van der Waals surface area contributed by atoms with Crippen molar-refractivity contribution in [3.63, 3.8) is 0 Å². The van der Waals surface area contributed by atoms with Crippen molar-refractivity contribution >= 4 is 11.6 Å². The Labute approximate surface area is 161 Å². The van der Waals surface area contributed by atoms with Gasteiger partial charge in [0.25, 0.3) is 5.91 Å². The Hall–Kier alpha value is -2.36. The van der Waals surface area contributed by atoms with Gasteiger partial charge in [0.05, 0.1) is 0 Å². The highest BCUT2D eigenvalue weighted by molar-refractivity contribution is 6.05. The van der Waals surface area contributed by atoms with Crippen molar-refractivity contribution in [2.75, 3.05) is 5.32 Å². The number of para-hydroxylation sites is 1. The van der Waals surface area contributed by atoms with E-state index in [0.29, 0.717) is 17.9 Å². The molecule has 1 amide bonds. The number of carbonyl (C=O) groups excluding carboxylic acids is 1. The monoisotopic (exact) mass is 366 g/mol. The Bertz CT molecular complexity index is 876. The van der Waals surface area contributed by atoms with Gasteiger partial charge in [-0.3, -0.25) is 9.59 Å². The molecule has 1 aromatic carbocycles. The van der Waals surface area contributed by atoms with E-state index in [0.717, 1.165) is 29.2 Å². The van der Waals surface area contributed by atoms with Crippen LogP contribution in [0.2, 0.25) is 0 Å². The third kappa shape index (κ3) is 4.32. The van der Waals surface area contributed by atoms with Gasteiger partial charge in [0.1, 0.15) is 5.56 Å². The van der Waals surface area contributed by atoms with Crippen LogP contribution in [-0.2, 0) is 13.0 Å². The molecule has 0 atom stereocenters. The lowest BCUT2D eigenvalue weighted by Gasteiger charge is -2.26. The fraction of sp³-hybridized carbons (Fsp3) is 0.478.